The standard InChI is InChI=1S/C12H13ClN2S/c1-7-8(2)16-12(15-7)11(14)9-3-5-10(13)6-4-9/h3-6,11H,14H2,1-2H3. The first kappa shape index (κ1) is 11.6. The van der Waals surface area contributed by atoms with Crippen LogP contribution in [0.3, 0.4) is 0 Å². The van der Waals surface area contributed by atoms with Gasteiger partial charge in [0.2, 0.25) is 0 Å². The monoisotopic (exact) mass is 252 g/mol. The van der Waals surface area contributed by atoms with Crippen LogP contribution in [0.1, 0.15) is 27.2 Å². The molecule has 0 fully saturated rings. The van der Waals surface area contributed by atoms with Gasteiger partial charge >= 0.3 is 0 Å². The lowest BCUT2D eigenvalue weighted by atomic mass is 10.1. The first-order valence-electron chi connectivity index (χ1n) is 5.03. The molecule has 2 nitrogen and oxygen atoms in total. The normalized spacial score (nSPS) is 12.8. The highest BCUT2D eigenvalue weighted by atomic mass is 35.5. The molecule has 0 spiro atoms. The summed E-state index contributed by atoms with van der Waals surface area (Å²) in [5.41, 5.74) is 8.25. The number of nitrogens with two attached hydrogens (primary N) is 1. The molecular formula is C12H13ClN2S. The molecule has 1 unspecified atom stereocenters. The maximum Gasteiger partial charge on any atom is 0.114 e. The van der Waals surface area contributed by atoms with Gasteiger partial charge in [0.15, 0.2) is 0 Å². The maximum absolute atomic E-state index is 6.15. The molecule has 2 aromatic rings. The second-order valence-corrected chi connectivity index (χ2v) is 5.39. The Labute approximate surface area is 104 Å². The van der Waals surface area contributed by atoms with Gasteiger partial charge in [-0.3, -0.25) is 0 Å². The number of nitrogens with zero attached hydrogens (tertiary/aromatic N) is 1. The molecule has 0 aliphatic heterocycles. The third-order valence-electron chi connectivity index (χ3n) is 2.54. The quantitative estimate of drug-likeness (QED) is 0.889. The van der Waals surface area contributed by atoms with Gasteiger partial charge in [-0.1, -0.05) is 23.7 Å². The highest BCUT2D eigenvalue weighted by Crippen LogP contribution is 2.26. The molecule has 1 aromatic carbocycles. The van der Waals surface area contributed by atoms with Crippen LogP contribution in [0.4, 0.5) is 0 Å². The SMILES string of the molecule is Cc1nc(C(N)c2ccc(Cl)cc2)sc1C. The fraction of sp³-hybridized carbons (Fsp3) is 0.250. The molecule has 0 radical (unpaired) electrons. The van der Waals surface area contributed by atoms with Gasteiger partial charge in [-0.2, -0.15) is 0 Å². The van der Waals surface area contributed by atoms with Gasteiger partial charge in [0, 0.05) is 9.90 Å². The molecule has 1 heterocycles. The second-order valence-electron chi connectivity index (χ2n) is 3.72. The van der Waals surface area contributed by atoms with Crippen molar-refractivity contribution in [2.24, 2.45) is 5.73 Å². The fourth-order valence-electron chi connectivity index (χ4n) is 1.44. The summed E-state index contributed by atoms with van der Waals surface area (Å²) in [6.07, 6.45) is 0. The molecule has 2 rings (SSSR count). The number of benzene rings is 1. The van der Waals surface area contributed by atoms with Gasteiger partial charge in [-0.25, -0.2) is 4.98 Å². The van der Waals surface area contributed by atoms with E-state index in [4.69, 9.17) is 17.3 Å². The smallest absolute Gasteiger partial charge is 0.114 e. The van der Waals surface area contributed by atoms with E-state index in [-0.39, 0.29) is 6.04 Å². The Hall–Kier alpha value is -0.900. The van der Waals surface area contributed by atoms with Crippen molar-refractivity contribution in [3.63, 3.8) is 0 Å². The van der Waals surface area contributed by atoms with Crippen molar-refractivity contribution in [2.45, 2.75) is 19.9 Å². The molecular weight excluding hydrogens is 240 g/mol. The number of rotatable bonds is 2. The first-order chi connectivity index (χ1) is 7.58. The molecule has 0 aliphatic carbocycles. The van der Waals surface area contributed by atoms with Crippen LogP contribution in [0.5, 0.6) is 0 Å². The highest BCUT2D eigenvalue weighted by molar-refractivity contribution is 7.11. The van der Waals surface area contributed by atoms with Crippen molar-refractivity contribution < 1.29 is 0 Å². The number of hydrogen-bond donors (Lipinski definition) is 1. The zero-order chi connectivity index (χ0) is 11.7. The minimum Gasteiger partial charge on any atom is -0.318 e. The minimum absolute atomic E-state index is 0.158. The van der Waals surface area contributed by atoms with Crippen LogP contribution in [0, 0.1) is 13.8 Å². The lowest BCUT2D eigenvalue weighted by Crippen LogP contribution is -2.11. The summed E-state index contributed by atoms with van der Waals surface area (Å²) in [7, 11) is 0. The van der Waals surface area contributed by atoms with Crippen LogP contribution in [0.15, 0.2) is 24.3 Å². The molecule has 0 amide bonds. The van der Waals surface area contributed by atoms with Gasteiger partial charge in [0.25, 0.3) is 0 Å². The summed E-state index contributed by atoms with van der Waals surface area (Å²) in [5.74, 6) is 0. The van der Waals surface area contributed by atoms with Crippen molar-refractivity contribution in [1.29, 1.82) is 0 Å². The Balaban J connectivity index is 2.31. The third-order valence-corrected chi connectivity index (χ3v) is 3.95. The zero-order valence-corrected chi connectivity index (χ0v) is 10.8. The molecule has 1 atom stereocenters. The van der Waals surface area contributed by atoms with Gasteiger partial charge < -0.3 is 5.73 Å². The predicted molar refractivity (Wildman–Crippen MR) is 69.1 cm³/mol. The molecule has 4 heteroatoms. The number of thiazole rings is 1. The lowest BCUT2D eigenvalue weighted by Gasteiger charge is -2.08. The maximum atomic E-state index is 6.15. The first-order valence-corrected chi connectivity index (χ1v) is 6.22. The van der Waals surface area contributed by atoms with E-state index in [0.29, 0.717) is 0 Å². The van der Waals surface area contributed by atoms with Crippen molar-refractivity contribution >= 4 is 22.9 Å². The van der Waals surface area contributed by atoms with E-state index in [9.17, 15) is 0 Å². The Kier molecular flexibility index (Phi) is 3.28. The zero-order valence-electron chi connectivity index (χ0n) is 9.20. The van der Waals surface area contributed by atoms with Crippen LogP contribution in [0.25, 0.3) is 0 Å². The van der Waals surface area contributed by atoms with Crippen molar-refractivity contribution in [3.05, 3.63) is 50.4 Å². The molecule has 84 valence electrons. The Morgan fingerprint density at radius 3 is 2.38 bits per heavy atom. The highest BCUT2D eigenvalue weighted by Gasteiger charge is 2.13. The molecule has 16 heavy (non-hydrogen) atoms. The van der Waals surface area contributed by atoms with E-state index in [0.717, 1.165) is 21.3 Å². The van der Waals surface area contributed by atoms with Gasteiger partial charge in [-0.15, -0.1) is 11.3 Å². The van der Waals surface area contributed by atoms with Crippen molar-refractivity contribution in [2.75, 3.05) is 0 Å². The second kappa shape index (κ2) is 4.53. The number of hydrogen-bond acceptors (Lipinski definition) is 3. The van der Waals surface area contributed by atoms with E-state index in [1.165, 1.54) is 4.88 Å². The van der Waals surface area contributed by atoms with Crippen LogP contribution >= 0.6 is 22.9 Å². The summed E-state index contributed by atoms with van der Waals surface area (Å²) >= 11 is 7.49. The minimum atomic E-state index is -0.158. The topological polar surface area (TPSA) is 38.9 Å². The number of aromatic nitrogens is 1. The molecule has 2 N–H and O–H groups in total. The van der Waals surface area contributed by atoms with E-state index in [2.05, 4.69) is 11.9 Å². The Bertz CT molecular complexity index is 471. The van der Waals surface area contributed by atoms with E-state index >= 15 is 0 Å². The largest absolute Gasteiger partial charge is 0.318 e. The molecule has 0 bridgehead atoms. The molecule has 0 saturated heterocycles. The van der Waals surface area contributed by atoms with E-state index < -0.39 is 0 Å². The van der Waals surface area contributed by atoms with Crippen LogP contribution in [-0.4, -0.2) is 4.98 Å². The lowest BCUT2D eigenvalue weighted by molar-refractivity contribution is 0.852. The third kappa shape index (κ3) is 2.26. The van der Waals surface area contributed by atoms with Gasteiger partial charge in [0.05, 0.1) is 11.7 Å². The van der Waals surface area contributed by atoms with E-state index in [1.807, 2.05) is 31.2 Å². The van der Waals surface area contributed by atoms with Gasteiger partial charge in [-0.05, 0) is 31.5 Å². The van der Waals surface area contributed by atoms with Crippen molar-refractivity contribution in [3.8, 4) is 0 Å². The Morgan fingerprint density at radius 2 is 1.88 bits per heavy atom. The van der Waals surface area contributed by atoms with Crippen molar-refractivity contribution in [1.82, 2.24) is 4.98 Å². The number of halogens is 1. The Morgan fingerprint density at radius 1 is 1.25 bits per heavy atom. The summed E-state index contributed by atoms with van der Waals surface area (Å²) in [5, 5.41) is 1.68. The van der Waals surface area contributed by atoms with Crippen LogP contribution in [0.2, 0.25) is 5.02 Å². The average molecular weight is 253 g/mol. The molecule has 1 aromatic heterocycles. The predicted octanol–water partition coefficient (Wildman–Crippen LogP) is 3.46. The van der Waals surface area contributed by atoms with E-state index in [1.54, 1.807) is 11.3 Å². The summed E-state index contributed by atoms with van der Waals surface area (Å²) in [6.45, 7) is 4.06. The van der Waals surface area contributed by atoms with Gasteiger partial charge in [0.1, 0.15) is 5.01 Å². The summed E-state index contributed by atoms with van der Waals surface area (Å²) in [6, 6.07) is 7.43. The average Bonchev–Trinajstić information content (AvgIpc) is 2.59. The molecule has 0 saturated carbocycles. The fourth-order valence-corrected chi connectivity index (χ4v) is 2.52. The van der Waals surface area contributed by atoms with Crippen LogP contribution < -0.4 is 5.73 Å². The summed E-state index contributed by atoms with van der Waals surface area (Å²) < 4.78 is 0. The molecule has 0 aliphatic rings. The number of aryl methyl sites for hydroxylation is 2. The summed E-state index contributed by atoms with van der Waals surface area (Å²) in [4.78, 5) is 5.69. The van der Waals surface area contributed by atoms with Crippen LogP contribution in [-0.2, 0) is 0 Å².